The van der Waals surface area contributed by atoms with E-state index in [4.69, 9.17) is 19.6 Å². The van der Waals surface area contributed by atoms with Crippen LogP contribution in [0.15, 0.2) is 0 Å². The third-order valence-corrected chi connectivity index (χ3v) is 1.91. The van der Waals surface area contributed by atoms with Crippen molar-refractivity contribution in [2.75, 3.05) is 0 Å². The first kappa shape index (κ1) is 30.8. The Morgan fingerprint density at radius 2 is 0.923 bits per heavy atom. The Bertz CT molecular complexity index is 162. The second-order valence-electron chi connectivity index (χ2n) is 1.06. The Morgan fingerprint density at radius 1 is 0.769 bits per heavy atom. The fourth-order valence-electron chi connectivity index (χ4n) is 0.139. The third kappa shape index (κ3) is 31.6. The van der Waals surface area contributed by atoms with Gasteiger partial charge in [-0.1, -0.05) is 0 Å². The summed E-state index contributed by atoms with van der Waals surface area (Å²) >= 11 is 0. The molecule has 0 aliphatic heterocycles. The van der Waals surface area contributed by atoms with E-state index < -0.39 is 15.6 Å². The molecule has 0 aromatic heterocycles. The summed E-state index contributed by atoms with van der Waals surface area (Å²) in [5.41, 5.74) is 0. The summed E-state index contributed by atoms with van der Waals surface area (Å²) in [6.07, 6.45) is 0. The van der Waals surface area contributed by atoms with Gasteiger partial charge in [0.15, 0.2) is 0 Å². The predicted octanol–water partition coefficient (Wildman–Crippen LogP) is -4.21. The Balaban J connectivity index is -0.0000000533. The van der Waals surface area contributed by atoms with Crippen molar-refractivity contribution in [1.29, 1.82) is 0 Å². The van der Waals surface area contributed by atoms with Gasteiger partial charge in [-0.15, -0.1) is 0 Å². The van der Waals surface area contributed by atoms with Crippen LogP contribution in [0.5, 0.6) is 0 Å². The summed E-state index contributed by atoms with van der Waals surface area (Å²) in [4.78, 5) is 31.0. The van der Waals surface area contributed by atoms with Crippen LogP contribution < -0.4 is 0 Å². The normalized spacial score (nSPS) is 9.54. The number of phosphoric acid groups is 2. The van der Waals surface area contributed by atoms with Crippen LogP contribution in [0.25, 0.3) is 0 Å². The van der Waals surface area contributed by atoms with Crippen molar-refractivity contribution in [3.05, 3.63) is 0 Å². The molecule has 0 aromatic carbocycles. The van der Waals surface area contributed by atoms with Gasteiger partial charge in [0.1, 0.15) is 0 Å². The zero-order valence-electron chi connectivity index (χ0n) is 3.91. The van der Waals surface area contributed by atoms with Crippen LogP contribution >= 0.6 is 15.6 Å². The molecule has 0 aliphatic rings. The first-order valence-corrected chi connectivity index (χ1v) is 4.59. The van der Waals surface area contributed by atoms with Gasteiger partial charge < -0.3 is 19.6 Å². The molecular formula is H11Ca3NaO7P2. The average Bonchev–Trinajstić information content (AvgIpc) is 1.14. The van der Waals surface area contributed by atoms with Gasteiger partial charge in [0.25, 0.3) is 0 Å². The molecular weight excluding hydrogens is 317 g/mol. The molecule has 0 saturated carbocycles. The summed E-state index contributed by atoms with van der Waals surface area (Å²) in [5.74, 6) is 0. The van der Waals surface area contributed by atoms with E-state index >= 15 is 0 Å². The zero-order chi connectivity index (χ0) is 7.71. The first-order chi connectivity index (χ1) is 3.71. The molecule has 0 unspecified atom stereocenters. The molecule has 0 amide bonds. The van der Waals surface area contributed by atoms with Crippen molar-refractivity contribution in [2.24, 2.45) is 0 Å². The van der Waals surface area contributed by atoms with E-state index in [2.05, 4.69) is 4.31 Å². The molecule has 0 rings (SSSR count). The Hall–Kier alpha value is 5.04. The minimum absolute atomic E-state index is 0. The van der Waals surface area contributed by atoms with Gasteiger partial charge in [-0.25, -0.2) is 9.13 Å². The van der Waals surface area contributed by atoms with Crippen molar-refractivity contribution in [1.82, 2.24) is 0 Å². The minimum atomic E-state index is -5.05. The van der Waals surface area contributed by atoms with E-state index in [0.29, 0.717) is 0 Å². The van der Waals surface area contributed by atoms with Crippen LogP contribution in [0.1, 0.15) is 0 Å². The summed E-state index contributed by atoms with van der Waals surface area (Å²) in [7, 11) is -10.1. The van der Waals surface area contributed by atoms with E-state index in [0.717, 1.165) is 0 Å². The van der Waals surface area contributed by atoms with E-state index in [1.165, 1.54) is 0 Å². The Morgan fingerprint density at radius 3 is 0.923 bits per heavy atom. The molecule has 13 heavy (non-hydrogen) atoms. The van der Waals surface area contributed by atoms with Gasteiger partial charge in [0.05, 0.1) is 0 Å². The van der Waals surface area contributed by atoms with Crippen LogP contribution in [0.3, 0.4) is 0 Å². The van der Waals surface area contributed by atoms with Crippen LogP contribution in [-0.2, 0) is 13.4 Å². The fourth-order valence-corrected chi connectivity index (χ4v) is 1.25. The van der Waals surface area contributed by atoms with Crippen molar-refractivity contribution < 1.29 is 33.0 Å². The monoisotopic (exact) mass is 328 g/mol. The molecule has 0 radical (unpaired) electrons. The molecule has 0 heterocycles. The summed E-state index contributed by atoms with van der Waals surface area (Å²) < 4.78 is 22.2. The standard InChI is InChI=1S/3Ca.Na.H4O7P2.7H/c;;;;1-8(2,3)7-9(4,5)6;;;;;;;/h;;;;(H2,1,2,3)(H2,4,5,6);;;;;;;. The first-order valence-electron chi connectivity index (χ1n) is 1.53. The SMILES string of the molecule is O=P(O)(O)OP(=O)(O)O.[CaH2].[CaH2].[CaH2].[NaH]. The summed E-state index contributed by atoms with van der Waals surface area (Å²) in [5, 5.41) is 0. The summed E-state index contributed by atoms with van der Waals surface area (Å²) in [6.45, 7) is 0. The van der Waals surface area contributed by atoms with Crippen molar-refractivity contribution in [3.63, 3.8) is 0 Å². The van der Waals surface area contributed by atoms with Gasteiger partial charge >= 0.3 is 158 Å². The van der Waals surface area contributed by atoms with Crippen LogP contribution in [0.2, 0.25) is 0 Å². The van der Waals surface area contributed by atoms with Crippen LogP contribution in [-0.4, -0.2) is 162 Å². The van der Waals surface area contributed by atoms with E-state index in [1.54, 1.807) is 0 Å². The zero-order valence-corrected chi connectivity index (χ0v) is 5.70. The van der Waals surface area contributed by atoms with Crippen LogP contribution in [0, 0.1) is 0 Å². The van der Waals surface area contributed by atoms with Crippen LogP contribution in [0.4, 0.5) is 0 Å². The van der Waals surface area contributed by atoms with E-state index in [-0.39, 0.29) is 143 Å². The number of rotatable bonds is 2. The fraction of sp³-hybridized carbons (Fsp3) is 0. The maximum atomic E-state index is 9.63. The van der Waals surface area contributed by atoms with Gasteiger partial charge in [-0.05, 0) is 0 Å². The molecule has 13 heteroatoms. The average molecular weight is 328 g/mol. The number of hydrogen-bond acceptors (Lipinski definition) is 3. The topological polar surface area (TPSA) is 124 Å². The van der Waals surface area contributed by atoms with E-state index in [9.17, 15) is 9.13 Å². The van der Waals surface area contributed by atoms with Gasteiger partial charge in [0.2, 0.25) is 0 Å². The Labute approximate surface area is 187 Å². The second-order valence-corrected chi connectivity index (χ2v) is 3.68. The van der Waals surface area contributed by atoms with Crippen molar-refractivity contribution in [2.45, 2.75) is 0 Å². The van der Waals surface area contributed by atoms with Gasteiger partial charge in [0, 0.05) is 0 Å². The van der Waals surface area contributed by atoms with Crippen molar-refractivity contribution in [3.8, 4) is 0 Å². The maximum absolute atomic E-state index is 9.63. The molecule has 0 spiro atoms. The Kier molecular flexibility index (Phi) is 31.9. The molecule has 70 valence electrons. The van der Waals surface area contributed by atoms with Crippen molar-refractivity contribution >= 4 is 158 Å². The molecule has 7 nitrogen and oxygen atoms in total. The number of hydrogen-bond donors (Lipinski definition) is 4. The van der Waals surface area contributed by atoms with Gasteiger partial charge in [-0.2, -0.15) is 4.31 Å². The summed E-state index contributed by atoms with van der Waals surface area (Å²) in [6, 6.07) is 0. The van der Waals surface area contributed by atoms with E-state index in [1.807, 2.05) is 0 Å². The third-order valence-electron chi connectivity index (χ3n) is 0.213. The molecule has 4 N–H and O–H groups in total. The molecule has 0 saturated heterocycles. The second kappa shape index (κ2) is 13.5. The molecule has 0 fully saturated rings. The molecule has 0 aliphatic carbocycles. The quantitative estimate of drug-likeness (QED) is 0.299. The predicted molar refractivity (Wildman–Crippen MR) is 58.0 cm³/mol. The molecule has 0 atom stereocenters. The molecule has 0 bridgehead atoms. The molecule has 0 aromatic rings. The van der Waals surface area contributed by atoms with Gasteiger partial charge in [-0.3, -0.25) is 0 Å².